The SMILES string of the molecule is Cc1ccc2c(c1)C([Si](C)C)C=C2.[H-].[Li+]. The normalized spacial score (nSPS) is 18.1. The molecule has 1 unspecified atom stereocenters. The van der Waals surface area contributed by atoms with Crippen LogP contribution in [0.5, 0.6) is 0 Å². The number of allylic oxidation sites excluding steroid dienone is 1. The molecule has 0 bridgehead atoms. The van der Waals surface area contributed by atoms with Crippen LogP contribution in [0, 0.1) is 6.92 Å². The van der Waals surface area contributed by atoms with Crippen LogP contribution in [0.4, 0.5) is 0 Å². The summed E-state index contributed by atoms with van der Waals surface area (Å²) in [5.41, 5.74) is 5.11. The summed E-state index contributed by atoms with van der Waals surface area (Å²) in [6.45, 7) is 6.95. The van der Waals surface area contributed by atoms with E-state index >= 15 is 0 Å². The van der Waals surface area contributed by atoms with Gasteiger partial charge in [-0.05, 0) is 23.6 Å². The smallest absolute Gasteiger partial charge is 1.00 e. The Morgan fingerprint density at radius 2 is 2.00 bits per heavy atom. The molecule has 0 nitrogen and oxygen atoms in total. The maximum absolute atomic E-state index is 2.39. The molecule has 1 atom stereocenters. The molecule has 2 rings (SSSR count). The van der Waals surface area contributed by atoms with E-state index < -0.39 is 0 Å². The zero-order chi connectivity index (χ0) is 9.42. The molecule has 0 aliphatic heterocycles. The summed E-state index contributed by atoms with van der Waals surface area (Å²) in [5.74, 6) is 0. The van der Waals surface area contributed by atoms with Crippen molar-refractivity contribution in [2.45, 2.75) is 25.6 Å². The Bertz CT molecular complexity index is 361. The first kappa shape index (κ1) is 11.8. The minimum absolute atomic E-state index is 0. The van der Waals surface area contributed by atoms with E-state index in [9.17, 15) is 0 Å². The van der Waals surface area contributed by atoms with E-state index in [-0.39, 0.29) is 29.1 Å². The first-order chi connectivity index (χ1) is 6.18. The molecular weight excluding hydrogens is 179 g/mol. The van der Waals surface area contributed by atoms with Gasteiger partial charge >= 0.3 is 18.9 Å². The number of hydrogen-bond acceptors (Lipinski definition) is 0. The monoisotopic (exact) mass is 195 g/mol. The van der Waals surface area contributed by atoms with Gasteiger partial charge in [0.05, 0.1) is 8.80 Å². The quantitative estimate of drug-likeness (QED) is 0.573. The summed E-state index contributed by atoms with van der Waals surface area (Å²) in [4.78, 5) is 0. The van der Waals surface area contributed by atoms with Gasteiger partial charge in [0.2, 0.25) is 0 Å². The number of hydrogen-bond donors (Lipinski definition) is 0. The Morgan fingerprint density at radius 1 is 1.29 bits per heavy atom. The first-order valence-electron chi connectivity index (χ1n) is 4.77. The van der Waals surface area contributed by atoms with Crippen molar-refractivity contribution < 1.29 is 20.3 Å². The van der Waals surface area contributed by atoms with Gasteiger partial charge in [-0.3, -0.25) is 0 Å². The first-order valence-corrected chi connectivity index (χ1v) is 7.35. The van der Waals surface area contributed by atoms with Crippen molar-refractivity contribution in [1.29, 1.82) is 0 Å². The fraction of sp³-hybridized carbons (Fsp3) is 0.333. The largest absolute Gasteiger partial charge is 1.00 e. The second-order valence-corrected chi connectivity index (χ2v) is 6.82. The molecule has 1 aromatic carbocycles. The van der Waals surface area contributed by atoms with Gasteiger partial charge in [-0.1, -0.05) is 49.0 Å². The molecule has 1 aliphatic carbocycles. The Morgan fingerprint density at radius 3 is 2.64 bits per heavy atom. The molecule has 1 radical (unpaired) electrons. The van der Waals surface area contributed by atoms with Gasteiger partial charge in [0.25, 0.3) is 0 Å². The Hall–Kier alpha value is -0.226. The van der Waals surface area contributed by atoms with Crippen LogP contribution < -0.4 is 18.9 Å². The predicted molar refractivity (Wildman–Crippen MR) is 61.5 cm³/mol. The van der Waals surface area contributed by atoms with Crippen molar-refractivity contribution in [2.75, 3.05) is 0 Å². The van der Waals surface area contributed by atoms with E-state index in [2.05, 4.69) is 50.4 Å². The van der Waals surface area contributed by atoms with E-state index in [0.29, 0.717) is 0 Å². The van der Waals surface area contributed by atoms with Crippen LogP contribution in [-0.2, 0) is 0 Å². The molecule has 0 aromatic heterocycles. The number of benzene rings is 1. The molecule has 0 spiro atoms. The average molecular weight is 195 g/mol. The van der Waals surface area contributed by atoms with Crippen molar-refractivity contribution >= 4 is 14.9 Å². The summed E-state index contributed by atoms with van der Waals surface area (Å²) in [6.07, 6.45) is 4.65. The molecule has 0 N–H and O–H groups in total. The minimum atomic E-state index is -0.227. The molecule has 0 heterocycles. The third kappa shape index (κ3) is 2.06. The van der Waals surface area contributed by atoms with Crippen LogP contribution in [0.2, 0.25) is 13.1 Å². The zero-order valence-corrected chi connectivity index (χ0v) is 10.5. The van der Waals surface area contributed by atoms with Crippen LogP contribution in [0.3, 0.4) is 0 Å². The summed E-state index contributed by atoms with van der Waals surface area (Å²) in [6, 6.07) is 6.78. The summed E-state index contributed by atoms with van der Waals surface area (Å²) in [7, 11) is -0.227. The van der Waals surface area contributed by atoms with Gasteiger partial charge in [-0.2, -0.15) is 0 Å². The van der Waals surface area contributed by atoms with E-state index in [1.165, 1.54) is 11.1 Å². The standard InChI is InChI=1S/C12H15Si.Li.H/c1-9-4-5-10-6-7-12(13(2)3)11(10)8-9;;/h4-8,12H,1-3H3;;/q;+1;-1. The molecular formula is C12H16LiSi. The third-order valence-corrected chi connectivity index (χ3v) is 4.42. The summed E-state index contributed by atoms with van der Waals surface area (Å²) < 4.78 is 0. The Labute approximate surface area is 102 Å². The molecule has 2 heteroatoms. The topological polar surface area (TPSA) is 0 Å². The fourth-order valence-electron chi connectivity index (χ4n) is 1.92. The molecule has 14 heavy (non-hydrogen) atoms. The van der Waals surface area contributed by atoms with Gasteiger partial charge in [-0.15, -0.1) is 0 Å². The van der Waals surface area contributed by atoms with E-state index in [1.54, 1.807) is 5.56 Å². The van der Waals surface area contributed by atoms with Gasteiger partial charge in [0.1, 0.15) is 0 Å². The van der Waals surface area contributed by atoms with Crippen molar-refractivity contribution in [3.8, 4) is 0 Å². The van der Waals surface area contributed by atoms with Crippen LogP contribution in [0.25, 0.3) is 6.08 Å². The molecule has 0 fully saturated rings. The zero-order valence-electron chi connectivity index (χ0n) is 10.5. The maximum Gasteiger partial charge on any atom is 1.00 e. The van der Waals surface area contributed by atoms with Gasteiger partial charge in [0.15, 0.2) is 0 Å². The van der Waals surface area contributed by atoms with Crippen molar-refractivity contribution in [1.82, 2.24) is 0 Å². The predicted octanol–water partition coefficient (Wildman–Crippen LogP) is 0.516. The molecule has 0 saturated carbocycles. The van der Waals surface area contributed by atoms with Gasteiger partial charge in [-0.25, -0.2) is 0 Å². The number of aryl methyl sites for hydroxylation is 1. The van der Waals surface area contributed by atoms with Crippen LogP contribution >= 0.6 is 0 Å². The second kappa shape index (κ2) is 4.53. The molecule has 0 amide bonds. The summed E-state index contributed by atoms with van der Waals surface area (Å²) >= 11 is 0. The van der Waals surface area contributed by atoms with E-state index in [1.807, 2.05) is 0 Å². The van der Waals surface area contributed by atoms with E-state index in [0.717, 1.165) is 5.54 Å². The number of fused-ring (bicyclic) bond motifs is 1. The van der Waals surface area contributed by atoms with Crippen molar-refractivity contribution in [3.63, 3.8) is 0 Å². The second-order valence-electron chi connectivity index (χ2n) is 4.05. The van der Waals surface area contributed by atoms with E-state index in [4.69, 9.17) is 0 Å². The molecule has 0 saturated heterocycles. The van der Waals surface area contributed by atoms with Gasteiger partial charge in [0, 0.05) is 0 Å². The molecule has 1 aromatic rings. The Balaban J connectivity index is 0.000000980. The third-order valence-electron chi connectivity index (χ3n) is 2.67. The summed E-state index contributed by atoms with van der Waals surface area (Å²) in [5, 5.41) is 0. The van der Waals surface area contributed by atoms with Crippen LogP contribution in [0.15, 0.2) is 24.3 Å². The number of rotatable bonds is 1. The fourth-order valence-corrected chi connectivity index (χ4v) is 3.28. The maximum atomic E-state index is 2.39. The van der Waals surface area contributed by atoms with Crippen LogP contribution in [0.1, 0.15) is 23.7 Å². The van der Waals surface area contributed by atoms with Crippen LogP contribution in [-0.4, -0.2) is 8.80 Å². The van der Waals surface area contributed by atoms with Crippen molar-refractivity contribution in [3.05, 3.63) is 41.0 Å². The minimum Gasteiger partial charge on any atom is -1.00 e. The molecule has 69 valence electrons. The van der Waals surface area contributed by atoms with Gasteiger partial charge < -0.3 is 1.43 Å². The van der Waals surface area contributed by atoms with Crippen molar-refractivity contribution in [2.24, 2.45) is 0 Å². The average Bonchev–Trinajstić information content (AvgIpc) is 2.46. The Kier molecular flexibility index (Phi) is 3.83. The molecule has 1 aliphatic rings.